The third-order valence-corrected chi connectivity index (χ3v) is 3.46. The molecule has 0 atom stereocenters. The Morgan fingerprint density at radius 1 is 1.37 bits per heavy atom. The maximum atomic E-state index is 11.8. The summed E-state index contributed by atoms with van der Waals surface area (Å²) in [6.45, 7) is 0.580. The molecular weight excluding hydrogens is 238 g/mol. The fraction of sp³-hybridized carbons (Fsp3) is 0.267. The van der Waals surface area contributed by atoms with Gasteiger partial charge in [-0.15, -0.1) is 0 Å². The monoisotopic (exact) mass is 251 g/mol. The number of fused-ring (bicyclic) bond motifs is 1. The summed E-state index contributed by atoms with van der Waals surface area (Å²) < 4.78 is 1.98. The molecule has 2 aromatic heterocycles. The van der Waals surface area contributed by atoms with Gasteiger partial charge in [0, 0.05) is 42.7 Å². The van der Waals surface area contributed by atoms with Crippen molar-refractivity contribution >= 4 is 5.78 Å². The Kier molecular flexibility index (Phi) is 2.88. The predicted molar refractivity (Wildman–Crippen MR) is 69.8 cm³/mol. The summed E-state index contributed by atoms with van der Waals surface area (Å²) in [5.74, 6) is 0.228. The van der Waals surface area contributed by atoms with Crippen molar-refractivity contribution in [1.82, 2.24) is 9.55 Å². The van der Waals surface area contributed by atoms with Gasteiger partial charge in [-0.05, 0) is 24.5 Å². The zero-order chi connectivity index (χ0) is 13.2. The van der Waals surface area contributed by atoms with E-state index in [1.54, 1.807) is 6.20 Å². The van der Waals surface area contributed by atoms with E-state index in [1.807, 2.05) is 29.1 Å². The lowest BCUT2D eigenvalue weighted by molar-refractivity contribution is 0.0973. The minimum atomic E-state index is 0.228. The van der Waals surface area contributed by atoms with Crippen molar-refractivity contribution in [2.75, 3.05) is 0 Å². The van der Waals surface area contributed by atoms with Crippen LogP contribution < -0.4 is 0 Å². The van der Waals surface area contributed by atoms with Gasteiger partial charge in [-0.25, -0.2) is 4.98 Å². The summed E-state index contributed by atoms with van der Waals surface area (Å²) in [7, 11) is 0. The number of pyridine rings is 1. The second-order valence-electron chi connectivity index (χ2n) is 4.77. The topological polar surface area (TPSA) is 58.7 Å². The number of rotatable bonds is 2. The molecule has 0 bridgehead atoms. The molecule has 4 heteroatoms. The second-order valence-corrected chi connectivity index (χ2v) is 4.77. The van der Waals surface area contributed by atoms with Gasteiger partial charge in [-0.3, -0.25) is 4.79 Å². The second kappa shape index (κ2) is 4.69. The van der Waals surface area contributed by atoms with Crippen LogP contribution in [0.25, 0.3) is 0 Å². The number of nitrogens with zero attached hydrogens (tertiary/aromatic N) is 3. The number of Topliss-reactive ketones (excluding diaryl/α,β-unsaturated/α-hetero) is 1. The van der Waals surface area contributed by atoms with Crippen molar-refractivity contribution in [3.63, 3.8) is 0 Å². The normalized spacial score (nSPS) is 13.9. The first kappa shape index (κ1) is 11.7. The standard InChI is InChI=1S/C15H13N3O/c16-7-14-12(4-2-6-17-14)9-18-8-11-3-1-5-15(19)13(11)10-18/h2,4,6,8,10H,1,3,5,9H2. The first-order chi connectivity index (χ1) is 9.28. The van der Waals surface area contributed by atoms with E-state index in [1.165, 1.54) is 0 Å². The fourth-order valence-electron chi connectivity index (χ4n) is 2.53. The lowest BCUT2D eigenvalue weighted by Gasteiger charge is -2.07. The Morgan fingerprint density at radius 3 is 3.05 bits per heavy atom. The Balaban J connectivity index is 1.92. The highest BCUT2D eigenvalue weighted by molar-refractivity contribution is 5.98. The maximum absolute atomic E-state index is 11.8. The lowest BCUT2D eigenvalue weighted by atomic mass is 9.95. The minimum absolute atomic E-state index is 0.228. The van der Waals surface area contributed by atoms with Crippen molar-refractivity contribution in [2.45, 2.75) is 25.8 Å². The average Bonchev–Trinajstić information content (AvgIpc) is 2.83. The van der Waals surface area contributed by atoms with Gasteiger partial charge in [-0.1, -0.05) is 6.07 Å². The van der Waals surface area contributed by atoms with Crippen LogP contribution >= 0.6 is 0 Å². The quantitative estimate of drug-likeness (QED) is 0.823. The zero-order valence-electron chi connectivity index (χ0n) is 10.5. The highest BCUT2D eigenvalue weighted by Gasteiger charge is 2.19. The smallest absolute Gasteiger partial charge is 0.164 e. The molecule has 0 N–H and O–H groups in total. The van der Waals surface area contributed by atoms with Gasteiger partial charge in [0.05, 0.1) is 0 Å². The summed E-state index contributed by atoms with van der Waals surface area (Å²) in [5.41, 5.74) is 3.29. The maximum Gasteiger partial charge on any atom is 0.164 e. The van der Waals surface area contributed by atoms with Crippen molar-refractivity contribution in [3.05, 3.63) is 53.1 Å². The highest BCUT2D eigenvalue weighted by atomic mass is 16.1. The van der Waals surface area contributed by atoms with E-state index in [4.69, 9.17) is 5.26 Å². The molecule has 0 radical (unpaired) electrons. The van der Waals surface area contributed by atoms with Crippen molar-refractivity contribution in [3.8, 4) is 6.07 Å². The molecule has 19 heavy (non-hydrogen) atoms. The molecule has 0 fully saturated rings. The molecule has 0 saturated carbocycles. The summed E-state index contributed by atoms with van der Waals surface area (Å²) in [4.78, 5) is 15.8. The van der Waals surface area contributed by atoms with E-state index in [0.29, 0.717) is 18.7 Å². The summed E-state index contributed by atoms with van der Waals surface area (Å²) in [5, 5.41) is 9.02. The number of hydrogen-bond acceptors (Lipinski definition) is 3. The van der Waals surface area contributed by atoms with Crippen molar-refractivity contribution in [2.24, 2.45) is 0 Å². The summed E-state index contributed by atoms with van der Waals surface area (Å²) in [6.07, 6.45) is 8.07. The summed E-state index contributed by atoms with van der Waals surface area (Å²) >= 11 is 0. The van der Waals surface area contributed by atoms with Crippen LogP contribution in [0.3, 0.4) is 0 Å². The number of nitriles is 1. The SMILES string of the molecule is N#Cc1ncccc1Cn1cc2c(c1)C(=O)CCC2. The molecular formula is C15H13N3O. The van der Waals surface area contributed by atoms with Crippen LogP contribution in [0.5, 0.6) is 0 Å². The van der Waals surface area contributed by atoms with Crippen LogP contribution in [-0.4, -0.2) is 15.3 Å². The van der Waals surface area contributed by atoms with E-state index in [0.717, 1.165) is 29.5 Å². The van der Waals surface area contributed by atoms with Gasteiger partial charge < -0.3 is 4.57 Å². The lowest BCUT2D eigenvalue weighted by Crippen LogP contribution is -2.07. The molecule has 0 unspecified atom stereocenters. The van der Waals surface area contributed by atoms with Crippen molar-refractivity contribution in [1.29, 1.82) is 5.26 Å². The van der Waals surface area contributed by atoms with Crippen LogP contribution in [0.4, 0.5) is 0 Å². The van der Waals surface area contributed by atoms with Gasteiger partial charge in [0.15, 0.2) is 5.78 Å². The molecule has 0 saturated heterocycles. The van der Waals surface area contributed by atoms with Crippen LogP contribution in [-0.2, 0) is 13.0 Å². The van der Waals surface area contributed by atoms with Crippen LogP contribution in [0, 0.1) is 11.3 Å². The van der Waals surface area contributed by atoms with E-state index in [9.17, 15) is 4.79 Å². The number of hydrogen-bond donors (Lipinski definition) is 0. The number of ketones is 1. The van der Waals surface area contributed by atoms with E-state index < -0.39 is 0 Å². The molecule has 3 rings (SSSR count). The third kappa shape index (κ3) is 2.15. The molecule has 2 aromatic rings. The van der Waals surface area contributed by atoms with Crippen molar-refractivity contribution < 1.29 is 4.79 Å². The molecule has 0 aliphatic heterocycles. The van der Waals surface area contributed by atoms with Crippen LogP contribution in [0.2, 0.25) is 0 Å². The minimum Gasteiger partial charge on any atom is -0.349 e. The zero-order valence-corrected chi connectivity index (χ0v) is 10.5. The Bertz CT molecular complexity index is 679. The first-order valence-corrected chi connectivity index (χ1v) is 6.34. The average molecular weight is 251 g/mol. The predicted octanol–water partition coefficient (Wildman–Crippen LogP) is 2.32. The third-order valence-electron chi connectivity index (χ3n) is 3.46. The Morgan fingerprint density at radius 2 is 2.26 bits per heavy atom. The van der Waals surface area contributed by atoms with Gasteiger partial charge in [0.25, 0.3) is 0 Å². The Hall–Kier alpha value is -2.41. The fourth-order valence-corrected chi connectivity index (χ4v) is 2.53. The molecule has 1 aliphatic carbocycles. The number of carbonyl (C=O) groups is 1. The summed E-state index contributed by atoms with van der Waals surface area (Å²) in [6, 6.07) is 5.81. The molecule has 0 amide bonds. The van der Waals surface area contributed by atoms with Gasteiger partial charge in [-0.2, -0.15) is 5.26 Å². The van der Waals surface area contributed by atoms with E-state index in [2.05, 4.69) is 11.1 Å². The molecule has 2 heterocycles. The Labute approximate surface area is 111 Å². The first-order valence-electron chi connectivity index (χ1n) is 6.34. The molecule has 94 valence electrons. The number of carbonyl (C=O) groups excluding carboxylic acids is 1. The number of aryl methyl sites for hydroxylation is 1. The molecule has 0 spiro atoms. The van der Waals surface area contributed by atoms with E-state index in [-0.39, 0.29) is 5.78 Å². The van der Waals surface area contributed by atoms with Crippen LogP contribution in [0.15, 0.2) is 30.7 Å². The van der Waals surface area contributed by atoms with E-state index >= 15 is 0 Å². The van der Waals surface area contributed by atoms with Gasteiger partial charge in [0.2, 0.25) is 0 Å². The van der Waals surface area contributed by atoms with Crippen LogP contribution in [0.1, 0.15) is 40.0 Å². The molecule has 0 aromatic carbocycles. The largest absolute Gasteiger partial charge is 0.349 e. The molecule has 4 nitrogen and oxygen atoms in total. The van der Waals surface area contributed by atoms with Gasteiger partial charge >= 0.3 is 0 Å². The van der Waals surface area contributed by atoms with Gasteiger partial charge in [0.1, 0.15) is 11.8 Å². The number of aromatic nitrogens is 2. The molecule has 1 aliphatic rings. The highest BCUT2D eigenvalue weighted by Crippen LogP contribution is 2.22.